The summed E-state index contributed by atoms with van der Waals surface area (Å²) in [6.45, 7) is 3.98. The van der Waals surface area contributed by atoms with Crippen molar-refractivity contribution in [3.05, 3.63) is 29.3 Å². The molecule has 1 aromatic rings. The van der Waals surface area contributed by atoms with Gasteiger partial charge in [0.2, 0.25) is 0 Å². The number of carbonyl (C=O) groups is 1. The highest BCUT2D eigenvalue weighted by atomic mass is 16.1. The van der Waals surface area contributed by atoms with E-state index in [1.165, 1.54) is 37.7 Å². The second kappa shape index (κ2) is 8.71. The molecule has 0 saturated carbocycles. The van der Waals surface area contributed by atoms with Crippen LogP contribution < -0.4 is 10.6 Å². The molecule has 21 heavy (non-hydrogen) atoms. The molecule has 0 spiro atoms. The van der Waals surface area contributed by atoms with Gasteiger partial charge < -0.3 is 10.6 Å². The summed E-state index contributed by atoms with van der Waals surface area (Å²) in [6, 6.07) is 6.03. The van der Waals surface area contributed by atoms with Gasteiger partial charge in [0.25, 0.3) is 5.91 Å². The van der Waals surface area contributed by atoms with Crippen LogP contribution in [0.1, 0.15) is 67.8 Å². The van der Waals surface area contributed by atoms with Crippen molar-refractivity contribution in [1.82, 2.24) is 5.32 Å². The van der Waals surface area contributed by atoms with Crippen molar-refractivity contribution < 1.29 is 4.79 Å². The van der Waals surface area contributed by atoms with Crippen LogP contribution in [-0.2, 0) is 6.42 Å². The maximum Gasteiger partial charge on any atom is 0.253 e. The summed E-state index contributed by atoms with van der Waals surface area (Å²) >= 11 is 0. The van der Waals surface area contributed by atoms with Crippen molar-refractivity contribution in [2.24, 2.45) is 0 Å². The molecular formula is C18H28N2O. The van der Waals surface area contributed by atoms with E-state index in [0.29, 0.717) is 0 Å². The van der Waals surface area contributed by atoms with E-state index in [4.69, 9.17) is 0 Å². The summed E-state index contributed by atoms with van der Waals surface area (Å²) in [7, 11) is 0. The van der Waals surface area contributed by atoms with E-state index in [9.17, 15) is 4.79 Å². The number of unbranched alkanes of at least 4 members (excludes halogenated alkanes) is 5. The van der Waals surface area contributed by atoms with E-state index in [0.717, 1.165) is 43.6 Å². The molecule has 2 rings (SSSR count). The fourth-order valence-electron chi connectivity index (χ4n) is 2.90. The summed E-state index contributed by atoms with van der Waals surface area (Å²) in [4.78, 5) is 12.3. The van der Waals surface area contributed by atoms with Crippen LogP contribution >= 0.6 is 0 Å². The first-order valence-electron chi connectivity index (χ1n) is 8.47. The maximum atomic E-state index is 12.3. The number of nitrogens with one attached hydrogen (secondary N) is 2. The number of carbonyl (C=O) groups excluding carboxylic acids is 1. The zero-order valence-corrected chi connectivity index (χ0v) is 13.2. The molecule has 0 bridgehead atoms. The van der Waals surface area contributed by atoms with Crippen molar-refractivity contribution in [2.45, 2.75) is 58.3 Å². The van der Waals surface area contributed by atoms with Crippen LogP contribution in [0.5, 0.6) is 0 Å². The Hall–Kier alpha value is -1.51. The highest BCUT2D eigenvalue weighted by Crippen LogP contribution is 2.25. The summed E-state index contributed by atoms with van der Waals surface area (Å²) in [5, 5.41) is 6.44. The molecule has 0 saturated heterocycles. The predicted molar refractivity (Wildman–Crippen MR) is 89.0 cm³/mol. The standard InChI is InChI=1S/C18H28N2O/c1-2-3-4-5-6-7-13-20-18(21)16-12-8-10-15-11-9-14-19-17(15)16/h8,10,12,19H,2-7,9,11,13-14H2,1H3,(H,20,21). The zero-order chi connectivity index (χ0) is 14.9. The molecule has 3 nitrogen and oxygen atoms in total. The minimum Gasteiger partial charge on any atom is -0.384 e. The average molecular weight is 288 g/mol. The van der Waals surface area contributed by atoms with Gasteiger partial charge in [0, 0.05) is 13.1 Å². The molecule has 2 N–H and O–H groups in total. The van der Waals surface area contributed by atoms with E-state index in [-0.39, 0.29) is 5.91 Å². The fourth-order valence-corrected chi connectivity index (χ4v) is 2.90. The molecule has 1 heterocycles. The molecule has 0 atom stereocenters. The van der Waals surface area contributed by atoms with E-state index >= 15 is 0 Å². The SMILES string of the molecule is CCCCCCCCNC(=O)c1cccc2c1NCCC2. The predicted octanol–water partition coefficient (Wildman–Crippen LogP) is 4.14. The first-order valence-corrected chi connectivity index (χ1v) is 8.47. The number of para-hydroxylation sites is 1. The Kier molecular flexibility index (Phi) is 6.58. The lowest BCUT2D eigenvalue weighted by Gasteiger charge is -2.20. The van der Waals surface area contributed by atoms with Gasteiger partial charge in [-0.3, -0.25) is 4.79 Å². The van der Waals surface area contributed by atoms with E-state index in [1.54, 1.807) is 0 Å². The average Bonchev–Trinajstić information content (AvgIpc) is 2.53. The molecule has 1 aliphatic rings. The second-order valence-electron chi connectivity index (χ2n) is 5.89. The van der Waals surface area contributed by atoms with E-state index < -0.39 is 0 Å². The summed E-state index contributed by atoms with van der Waals surface area (Å²) in [5.74, 6) is 0.0646. The van der Waals surface area contributed by atoms with Crippen molar-refractivity contribution >= 4 is 11.6 Å². The highest BCUT2D eigenvalue weighted by Gasteiger charge is 2.16. The Labute approximate surface area is 128 Å². The number of hydrogen-bond donors (Lipinski definition) is 2. The van der Waals surface area contributed by atoms with Crippen molar-refractivity contribution in [3.63, 3.8) is 0 Å². The van der Waals surface area contributed by atoms with Crippen LogP contribution in [0, 0.1) is 0 Å². The topological polar surface area (TPSA) is 41.1 Å². The Morgan fingerprint density at radius 3 is 2.86 bits per heavy atom. The molecule has 116 valence electrons. The Bertz CT molecular complexity index is 457. The molecule has 0 radical (unpaired) electrons. The van der Waals surface area contributed by atoms with Crippen LogP contribution in [0.3, 0.4) is 0 Å². The Balaban J connectivity index is 1.76. The monoisotopic (exact) mass is 288 g/mol. The molecule has 1 amide bonds. The lowest BCUT2D eigenvalue weighted by Crippen LogP contribution is -2.26. The molecule has 3 heteroatoms. The largest absolute Gasteiger partial charge is 0.384 e. The van der Waals surface area contributed by atoms with Crippen molar-refractivity contribution in [1.29, 1.82) is 0 Å². The molecule has 0 unspecified atom stereocenters. The van der Waals surface area contributed by atoms with Crippen LogP contribution in [0.15, 0.2) is 18.2 Å². The van der Waals surface area contributed by atoms with Crippen LogP contribution in [0.25, 0.3) is 0 Å². The van der Waals surface area contributed by atoms with Gasteiger partial charge in [0.15, 0.2) is 0 Å². The summed E-state index contributed by atoms with van der Waals surface area (Å²) in [6.07, 6.45) is 9.73. The van der Waals surface area contributed by atoms with E-state index in [1.807, 2.05) is 12.1 Å². The quantitative estimate of drug-likeness (QED) is 0.706. The maximum absolute atomic E-state index is 12.3. The molecule has 0 aliphatic carbocycles. The number of aryl methyl sites for hydroxylation is 1. The van der Waals surface area contributed by atoms with Crippen LogP contribution in [0.2, 0.25) is 0 Å². The number of rotatable bonds is 8. The number of fused-ring (bicyclic) bond motifs is 1. The zero-order valence-electron chi connectivity index (χ0n) is 13.2. The minimum absolute atomic E-state index is 0.0646. The van der Waals surface area contributed by atoms with Crippen LogP contribution in [-0.4, -0.2) is 19.0 Å². The van der Waals surface area contributed by atoms with Crippen molar-refractivity contribution in [2.75, 3.05) is 18.4 Å². The molecule has 1 aliphatic heterocycles. The number of anilines is 1. The Morgan fingerprint density at radius 1 is 1.19 bits per heavy atom. The normalized spacial score (nSPS) is 13.4. The van der Waals surface area contributed by atoms with Gasteiger partial charge in [-0.05, 0) is 30.9 Å². The molecule has 0 fully saturated rings. The second-order valence-corrected chi connectivity index (χ2v) is 5.89. The minimum atomic E-state index is 0.0646. The third-order valence-electron chi connectivity index (χ3n) is 4.14. The third kappa shape index (κ3) is 4.76. The first-order chi connectivity index (χ1) is 10.3. The van der Waals surface area contributed by atoms with Gasteiger partial charge in [-0.25, -0.2) is 0 Å². The lowest BCUT2D eigenvalue weighted by molar-refractivity contribution is 0.0953. The van der Waals surface area contributed by atoms with Gasteiger partial charge in [-0.1, -0.05) is 51.2 Å². The number of amides is 1. The van der Waals surface area contributed by atoms with Gasteiger partial charge in [-0.2, -0.15) is 0 Å². The fraction of sp³-hybridized carbons (Fsp3) is 0.611. The number of benzene rings is 1. The third-order valence-corrected chi connectivity index (χ3v) is 4.14. The van der Waals surface area contributed by atoms with Gasteiger partial charge in [0.05, 0.1) is 11.3 Å². The van der Waals surface area contributed by atoms with Gasteiger partial charge in [0.1, 0.15) is 0 Å². The highest BCUT2D eigenvalue weighted by molar-refractivity contribution is 6.00. The van der Waals surface area contributed by atoms with Crippen molar-refractivity contribution in [3.8, 4) is 0 Å². The number of hydrogen-bond acceptors (Lipinski definition) is 2. The van der Waals surface area contributed by atoms with E-state index in [2.05, 4.69) is 23.6 Å². The smallest absolute Gasteiger partial charge is 0.253 e. The first kappa shape index (κ1) is 15.9. The molecule has 0 aromatic heterocycles. The molecule has 1 aromatic carbocycles. The van der Waals surface area contributed by atoms with Gasteiger partial charge >= 0.3 is 0 Å². The van der Waals surface area contributed by atoms with Gasteiger partial charge in [-0.15, -0.1) is 0 Å². The molecular weight excluding hydrogens is 260 g/mol. The van der Waals surface area contributed by atoms with Crippen LogP contribution in [0.4, 0.5) is 5.69 Å². The lowest BCUT2D eigenvalue weighted by atomic mass is 9.99. The summed E-state index contributed by atoms with van der Waals surface area (Å²) in [5.41, 5.74) is 3.12. The summed E-state index contributed by atoms with van der Waals surface area (Å²) < 4.78 is 0. The Morgan fingerprint density at radius 2 is 2.00 bits per heavy atom.